The Morgan fingerprint density at radius 1 is 1.10 bits per heavy atom. The monoisotopic (exact) mass is 321 g/mol. The smallest absolute Gasteiger partial charge is 0.200 e. The van der Waals surface area contributed by atoms with E-state index in [0.717, 1.165) is 5.52 Å². The van der Waals surface area contributed by atoms with Crippen LogP contribution in [-0.2, 0) is 0 Å². The summed E-state index contributed by atoms with van der Waals surface area (Å²) in [6.45, 7) is 0. The van der Waals surface area contributed by atoms with E-state index in [2.05, 4.69) is 39.9 Å². The maximum atomic E-state index is 5.40. The van der Waals surface area contributed by atoms with Gasteiger partial charge in [0.05, 0.1) is 18.9 Å². The maximum absolute atomic E-state index is 5.40. The number of hydrogen-bond acceptors (Lipinski definition) is 7. The molecule has 11 heteroatoms. The zero-order valence-electron chi connectivity index (χ0n) is 10.5. The molecule has 0 atom stereocenters. The van der Waals surface area contributed by atoms with Gasteiger partial charge in [-0.05, 0) is 0 Å². The SMILES string of the molecule is Nc1nc(=S)c2[nH]cnc2[nH]1.S.c1ncc2[nH]cnc2n1. The van der Waals surface area contributed by atoms with Crippen molar-refractivity contribution in [1.29, 1.82) is 0 Å². The van der Waals surface area contributed by atoms with Crippen LogP contribution in [0.4, 0.5) is 5.95 Å². The lowest BCUT2D eigenvalue weighted by molar-refractivity contribution is 1.20. The minimum atomic E-state index is 0. The highest BCUT2D eigenvalue weighted by Gasteiger charge is 1.98. The van der Waals surface area contributed by atoms with Gasteiger partial charge in [0.25, 0.3) is 0 Å². The van der Waals surface area contributed by atoms with Crippen molar-refractivity contribution in [2.45, 2.75) is 0 Å². The fourth-order valence-electron chi connectivity index (χ4n) is 1.56. The molecule has 0 aliphatic heterocycles. The summed E-state index contributed by atoms with van der Waals surface area (Å²) in [5.41, 5.74) is 8.34. The Morgan fingerprint density at radius 3 is 2.71 bits per heavy atom. The first-order chi connectivity index (χ1) is 9.74. The summed E-state index contributed by atoms with van der Waals surface area (Å²) >= 11 is 4.91. The minimum absolute atomic E-state index is 0. The van der Waals surface area contributed by atoms with Gasteiger partial charge in [-0.1, -0.05) is 12.2 Å². The second-order valence-electron chi connectivity index (χ2n) is 3.72. The molecule has 4 heterocycles. The number of hydrogen-bond donors (Lipinski definition) is 4. The van der Waals surface area contributed by atoms with E-state index < -0.39 is 0 Å². The highest BCUT2D eigenvalue weighted by molar-refractivity contribution is 7.71. The van der Waals surface area contributed by atoms with Gasteiger partial charge >= 0.3 is 0 Å². The Labute approximate surface area is 129 Å². The molecule has 0 bridgehead atoms. The molecule has 0 saturated carbocycles. The number of aromatic nitrogens is 8. The van der Waals surface area contributed by atoms with Gasteiger partial charge in [-0.2, -0.15) is 13.5 Å². The van der Waals surface area contributed by atoms with Gasteiger partial charge in [0.2, 0.25) is 5.95 Å². The van der Waals surface area contributed by atoms with Crippen LogP contribution >= 0.6 is 25.7 Å². The van der Waals surface area contributed by atoms with E-state index in [-0.39, 0.29) is 19.4 Å². The lowest BCUT2D eigenvalue weighted by Crippen LogP contribution is -1.94. The molecular weight excluding hydrogens is 310 g/mol. The van der Waals surface area contributed by atoms with E-state index in [1.54, 1.807) is 12.5 Å². The summed E-state index contributed by atoms with van der Waals surface area (Å²) in [5.74, 6) is 0.287. The van der Waals surface area contributed by atoms with Crippen LogP contribution in [0.25, 0.3) is 22.3 Å². The number of nitrogens with one attached hydrogen (secondary N) is 3. The Kier molecular flexibility index (Phi) is 4.45. The number of imidazole rings is 2. The van der Waals surface area contributed by atoms with Gasteiger partial charge in [-0.15, -0.1) is 0 Å². The molecule has 4 aromatic heterocycles. The Morgan fingerprint density at radius 2 is 1.90 bits per heavy atom. The number of aromatic amines is 3. The second-order valence-corrected chi connectivity index (χ2v) is 4.10. The van der Waals surface area contributed by atoms with Crippen LogP contribution in [0.1, 0.15) is 0 Å². The third-order valence-electron chi connectivity index (χ3n) is 2.42. The zero-order chi connectivity index (χ0) is 13.9. The Balaban J connectivity index is 0.000000149. The van der Waals surface area contributed by atoms with Crippen molar-refractivity contribution in [2.75, 3.05) is 5.73 Å². The molecule has 21 heavy (non-hydrogen) atoms. The molecule has 0 fully saturated rings. The number of rotatable bonds is 0. The molecule has 0 aromatic carbocycles. The van der Waals surface area contributed by atoms with Gasteiger partial charge in [0, 0.05) is 0 Å². The van der Waals surface area contributed by atoms with Crippen molar-refractivity contribution in [2.24, 2.45) is 0 Å². The van der Waals surface area contributed by atoms with Crippen molar-refractivity contribution in [1.82, 2.24) is 39.9 Å². The van der Waals surface area contributed by atoms with Crippen LogP contribution in [0.5, 0.6) is 0 Å². The number of nitrogens with zero attached hydrogens (tertiary/aromatic N) is 5. The molecule has 9 nitrogen and oxygen atoms in total. The summed E-state index contributed by atoms with van der Waals surface area (Å²) in [7, 11) is 0. The van der Waals surface area contributed by atoms with Crippen molar-refractivity contribution < 1.29 is 0 Å². The van der Waals surface area contributed by atoms with E-state index in [0.29, 0.717) is 21.5 Å². The fourth-order valence-corrected chi connectivity index (χ4v) is 1.81. The van der Waals surface area contributed by atoms with Gasteiger partial charge in [0.15, 0.2) is 15.9 Å². The molecule has 0 aliphatic carbocycles. The van der Waals surface area contributed by atoms with Gasteiger partial charge in [-0.3, -0.25) is 0 Å². The average Bonchev–Trinajstić information content (AvgIpc) is 3.06. The van der Waals surface area contributed by atoms with Crippen molar-refractivity contribution in [3.05, 3.63) is 29.8 Å². The number of anilines is 1. The molecule has 5 N–H and O–H groups in total. The first-order valence-electron chi connectivity index (χ1n) is 5.52. The number of fused-ring (bicyclic) bond motifs is 2. The number of nitrogen functional groups attached to an aromatic ring is 1. The van der Waals surface area contributed by atoms with Crippen molar-refractivity contribution >= 4 is 54.0 Å². The Hall–Kier alpha value is -2.53. The van der Waals surface area contributed by atoms with Crippen LogP contribution in [0, 0.1) is 4.64 Å². The van der Waals surface area contributed by atoms with E-state index in [1.807, 2.05) is 0 Å². The molecular formula is C10H11N9S2. The Bertz CT molecular complexity index is 879. The van der Waals surface area contributed by atoms with Gasteiger partial charge < -0.3 is 20.7 Å². The molecule has 0 spiro atoms. The normalized spacial score (nSPS) is 9.90. The summed E-state index contributed by atoms with van der Waals surface area (Å²) in [4.78, 5) is 27.9. The lowest BCUT2D eigenvalue weighted by atomic mass is 10.6. The summed E-state index contributed by atoms with van der Waals surface area (Å²) in [6, 6.07) is 0. The van der Waals surface area contributed by atoms with E-state index in [4.69, 9.17) is 18.0 Å². The second kappa shape index (κ2) is 6.28. The molecule has 0 unspecified atom stereocenters. The molecule has 0 radical (unpaired) electrons. The standard InChI is InChI=1S/C5H5N5S.C5H4N4.H2S/c6-5-9-3-2(4(11)10-5)7-1-8-3;1-4-5(8-2-6-1)9-3-7-4;/h1H,(H4,6,7,8,9,10,11);1-3H,(H,6,7,8,9);1H2. The molecule has 0 amide bonds. The van der Waals surface area contributed by atoms with Gasteiger partial charge in [0.1, 0.15) is 17.4 Å². The topological polar surface area (TPSA) is 138 Å². The summed E-state index contributed by atoms with van der Waals surface area (Å²) in [5, 5.41) is 0. The van der Waals surface area contributed by atoms with Crippen molar-refractivity contribution in [3.63, 3.8) is 0 Å². The van der Waals surface area contributed by atoms with Crippen LogP contribution in [0.2, 0.25) is 0 Å². The van der Waals surface area contributed by atoms with E-state index >= 15 is 0 Å². The first-order valence-corrected chi connectivity index (χ1v) is 5.93. The molecule has 4 rings (SSSR count). The highest BCUT2D eigenvalue weighted by atomic mass is 32.1. The lowest BCUT2D eigenvalue weighted by Gasteiger charge is -1.91. The summed E-state index contributed by atoms with van der Waals surface area (Å²) < 4.78 is 0.439. The zero-order valence-corrected chi connectivity index (χ0v) is 12.3. The molecule has 108 valence electrons. The molecule has 0 aliphatic rings. The van der Waals surface area contributed by atoms with Crippen LogP contribution in [0.15, 0.2) is 25.2 Å². The van der Waals surface area contributed by atoms with Gasteiger partial charge in [-0.25, -0.2) is 24.9 Å². The third kappa shape index (κ3) is 3.14. The van der Waals surface area contributed by atoms with Crippen molar-refractivity contribution in [3.8, 4) is 0 Å². The van der Waals surface area contributed by atoms with Crippen LogP contribution in [0.3, 0.4) is 0 Å². The minimum Gasteiger partial charge on any atom is -0.369 e. The predicted octanol–water partition coefficient (Wildman–Crippen LogP) is 1.06. The highest BCUT2D eigenvalue weighted by Crippen LogP contribution is 2.06. The quantitative estimate of drug-likeness (QED) is 0.355. The predicted molar refractivity (Wildman–Crippen MR) is 85.6 cm³/mol. The average molecular weight is 321 g/mol. The first kappa shape index (κ1) is 14.9. The fraction of sp³-hybridized carbons (Fsp3) is 0. The number of nitrogens with two attached hydrogens (primary N) is 1. The maximum Gasteiger partial charge on any atom is 0.200 e. The third-order valence-corrected chi connectivity index (χ3v) is 2.72. The summed E-state index contributed by atoms with van der Waals surface area (Å²) in [6.07, 6.45) is 6.30. The van der Waals surface area contributed by atoms with Crippen LogP contribution in [-0.4, -0.2) is 39.9 Å². The largest absolute Gasteiger partial charge is 0.369 e. The molecule has 4 aromatic rings. The van der Waals surface area contributed by atoms with E-state index in [1.165, 1.54) is 12.7 Å². The van der Waals surface area contributed by atoms with E-state index in [9.17, 15) is 0 Å². The number of H-pyrrole nitrogens is 3. The van der Waals surface area contributed by atoms with Crippen LogP contribution < -0.4 is 5.73 Å². The molecule has 0 saturated heterocycles.